The Bertz CT molecular complexity index is 1980. The van der Waals surface area contributed by atoms with Crippen LogP contribution in [0.3, 0.4) is 0 Å². The van der Waals surface area contributed by atoms with Crippen LogP contribution in [0.5, 0.6) is 0 Å². The highest BCUT2D eigenvalue weighted by molar-refractivity contribution is 7.95. The van der Waals surface area contributed by atoms with Crippen molar-refractivity contribution in [3.05, 3.63) is 201 Å². The van der Waals surface area contributed by atoms with Crippen LogP contribution < -0.4 is 35.9 Å². The molecule has 2 aromatic heterocycles. The van der Waals surface area contributed by atoms with Gasteiger partial charge in [-0.25, -0.2) is 0 Å². The van der Waals surface area contributed by atoms with E-state index < -0.39 is 14.5 Å². The fraction of sp³-hybridized carbons (Fsp3) is 0.0465. The molecule has 0 aliphatic rings. The van der Waals surface area contributed by atoms with E-state index in [1.54, 1.807) is 0 Å². The Morgan fingerprint density at radius 3 is 0.776 bits per heavy atom. The van der Waals surface area contributed by atoms with Crippen molar-refractivity contribution in [2.75, 3.05) is 0 Å². The van der Waals surface area contributed by atoms with Gasteiger partial charge in [-0.2, -0.15) is 0 Å². The Morgan fingerprint density at radius 2 is 0.551 bits per heavy atom. The first kappa shape index (κ1) is 32.2. The fourth-order valence-electron chi connectivity index (χ4n) is 7.06. The summed E-state index contributed by atoms with van der Waals surface area (Å²) in [6.45, 7) is 0. The van der Waals surface area contributed by atoms with Crippen LogP contribution >= 0.6 is 48.5 Å². The van der Waals surface area contributed by atoms with Crippen molar-refractivity contribution in [2.24, 2.45) is 0 Å². The van der Waals surface area contributed by atoms with Gasteiger partial charge in [0.1, 0.15) is 58.7 Å². The Hall–Kier alpha value is -4.01. The van der Waals surface area contributed by atoms with Crippen molar-refractivity contribution in [3.8, 4) is 0 Å². The zero-order chi connectivity index (χ0) is 33.1. The molecule has 2 heterocycles. The summed E-state index contributed by atoms with van der Waals surface area (Å²) >= 11 is 4.83. The molecule has 0 saturated heterocycles. The zero-order valence-electron chi connectivity index (χ0n) is 26.8. The third-order valence-electron chi connectivity index (χ3n) is 9.27. The fourth-order valence-corrected chi connectivity index (χ4v) is 20.5. The van der Waals surface area contributed by atoms with Crippen molar-refractivity contribution in [1.29, 1.82) is 0 Å². The molecule has 8 rings (SSSR count). The number of thiophene rings is 1. The predicted molar refractivity (Wildman–Crippen MR) is 222 cm³/mol. The normalized spacial score (nSPS) is 11.9. The summed E-state index contributed by atoms with van der Waals surface area (Å²) in [6, 6.07) is 66.5. The second-order valence-corrected chi connectivity index (χ2v) is 22.4. The molecule has 49 heavy (non-hydrogen) atoms. The van der Waals surface area contributed by atoms with Crippen LogP contribution in [0.1, 0.15) is 9.75 Å². The van der Waals surface area contributed by atoms with Gasteiger partial charge in [0.25, 0.3) is 4.06 Å². The Morgan fingerprint density at radius 1 is 0.327 bits per heavy atom. The molecule has 0 unspecified atom stereocenters. The predicted octanol–water partition coefficient (Wildman–Crippen LogP) is 9.37. The first-order valence-corrected chi connectivity index (χ1v) is 22.7. The van der Waals surface area contributed by atoms with Crippen LogP contribution in [0.15, 0.2) is 187 Å². The zero-order valence-corrected chi connectivity index (χ0v) is 31.0. The Kier molecular flexibility index (Phi) is 9.25. The van der Waals surface area contributed by atoms with Crippen LogP contribution in [0, 0.1) is 0 Å². The van der Waals surface area contributed by atoms with Gasteiger partial charge in [0.2, 0.25) is 0 Å². The average Bonchev–Trinajstić information content (AvgIpc) is 3.72. The van der Waals surface area contributed by atoms with Gasteiger partial charge in [-0.3, -0.25) is 4.79 Å². The number of hydrogen-bond donors (Lipinski definition) is 0. The summed E-state index contributed by atoms with van der Waals surface area (Å²) in [6.07, 6.45) is 1.73. The molecule has 0 saturated carbocycles. The van der Waals surface area contributed by atoms with E-state index in [-0.39, 0.29) is 4.06 Å². The van der Waals surface area contributed by atoms with Crippen molar-refractivity contribution < 1.29 is 0 Å². The van der Waals surface area contributed by atoms with Crippen molar-refractivity contribution in [3.63, 3.8) is 0 Å². The first-order chi connectivity index (χ1) is 24.2. The maximum atomic E-state index is 13.4. The van der Waals surface area contributed by atoms with Gasteiger partial charge < -0.3 is 0 Å². The van der Waals surface area contributed by atoms with E-state index in [4.69, 9.17) is 0 Å². The molecule has 1 nitrogen and oxygen atoms in total. The van der Waals surface area contributed by atoms with Crippen molar-refractivity contribution >= 4 is 89.8 Å². The lowest BCUT2D eigenvalue weighted by Gasteiger charge is -2.28. The molecule has 238 valence electrons. The van der Waals surface area contributed by atoms with E-state index in [1.807, 2.05) is 11.3 Å². The van der Waals surface area contributed by atoms with E-state index in [0.29, 0.717) is 0 Å². The second-order valence-electron chi connectivity index (χ2n) is 12.0. The maximum Gasteiger partial charge on any atom is 0.288 e. The molecule has 0 amide bonds. The topological polar surface area (TPSA) is 17.1 Å². The van der Waals surface area contributed by atoms with E-state index in [1.165, 1.54) is 73.7 Å². The van der Waals surface area contributed by atoms with Gasteiger partial charge in [0.05, 0.1) is 19.2 Å². The van der Waals surface area contributed by atoms with E-state index in [9.17, 15) is 4.79 Å². The van der Waals surface area contributed by atoms with Gasteiger partial charge in [0.15, 0.2) is 0 Å². The van der Waals surface area contributed by atoms with Crippen LogP contribution in [0.2, 0.25) is 0 Å². The third-order valence-corrected chi connectivity index (χ3v) is 22.1. The third kappa shape index (κ3) is 5.97. The first-order valence-electron chi connectivity index (χ1n) is 16.3. The summed E-state index contributed by atoms with van der Waals surface area (Å²) in [5.74, 6) is 0. The number of hydrogen-bond acceptors (Lipinski definition) is 4. The van der Waals surface area contributed by atoms with Crippen molar-refractivity contribution in [1.82, 2.24) is 0 Å². The van der Waals surface area contributed by atoms with Crippen molar-refractivity contribution in [2.45, 2.75) is 12.3 Å². The monoisotopic (exact) mass is 724 g/mol. The van der Waals surface area contributed by atoms with E-state index in [0.717, 1.165) is 12.3 Å². The smallest absolute Gasteiger partial charge is 0.265 e. The molecule has 0 radical (unpaired) electrons. The van der Waals surface area contributed by atoms with E-state index in [2.05, 4.69) is 182 Å². The minimum absolute atomic E-state index is 0.173. The summed E-state index contributed by atoms with van der Waals surface area (Å²) < 4.78 is 2.52. The van der Waals surface area contributed by atoms with Gasteiger partial charge in [-0.05, 0) is 72.8 Å². The molecule has 0 aliphatic heterocycles. The number of fused-ring (bicyclic) bond motifs is 1. The molecular weight excluding hydrogens is 691 g/mol. The lowest BCUT2D eigenvalue weighted by atomic mass is 10.3. The van der Waals surface area contributed by atoms with Crippen LogP contribution in [0.25, 0.3) is 9.40 Å². The van der Waals surface area contributed by atoms with E-state index >= 15 is 0 Å². The standard InChI is InChI=1S/C43H34OP2S3/c44-43-48-41-39(31-45(33-19-7-1-8-20-33,34-21-9-2-10-22-34)35-23-11-3-12-24-35)47-40(42(41)49-43)32-46(36-25-13-4-14-26-36,37-27-15-5-16-28-37)38-29-17-6-18-30-38/h1-30H,31-32H2/q+2. The van der Waals surface area contributed by atoms with Crippen LogP contribution in [-0.4, -0.2) is 0 Å². The summed E-state index contributed by atoms with van der Waals surface area (Å²) in [5.41, 5.74) is 0. The Labute approximate surface area is 300 Å². The molecule has 6 aromatic carbocycles. The molecule has 0 fully saturated rings. The molecule has 0 atom stereocenters. The quantitative estimate of drug-likeness (QED) is 0.129. The lowest BCUT2D eigenvalue weighted by molar-refractivity contribution is 1.53. The molecule has 8 aromatic rings. The molecular formula is C43H34OP2S3+2. The molecule has 6 heteroatoms. The van der Waals surface area contributed by atoms with Gasteiger partial charge in [0, 0.05) is 0 Å². The minimum atomic E-state index is -2.15. The van der Waals surface area contributed by atoms with Crippen LogP contribution in [0.4, 0.5) is 0 Å². The minimum Gasteiger partial charge on any atom is -0.265 e. The highest BCUT2D eigenvalue weighted by Crippen LogP contribution is 2.63. The highest BCUT2D eigenvalue weighted by Gasteiger charge is 2.49. The number of rotatable bonds is 10. The SMILES string of the molecule is O=c1sc2c(C[P+](c3ccccc3)(c3ccccc3)c3ccccc3)sc(C[P+](c3ccccc3)(c3ccccc3)c3ccccc3)c2s1. The summed E-state index contributed by atoms with van der Waals surface area (Å²) in [5, 5.41) is 8.15. The number of benzene rings is 6. The average molecular weight is 725 g/mol. The largest absolute Gasteiger partial charge is 0.288 e. The Balaban J connectivity index is 1.37. The van der Waals surface area contributed by atoms with Gasteiger partial charge >= 0.3 is 0 Å². The molecule has 0 aliphatic carbocycles. The summed E-state index contributed by atoms with van der Waals surface area (Å²) in [7, 11) is -4.31. The summed E-state index contributed by atoms with van der Waals surface area (Å²) in [4.78, 5) is 16.0. The maximum absolute atomic E-state index is 13.4. The molecule has 0 bridgehead atoms. The second kappa shape index (κ2) is 14.1. The highest BCUT2D eigenvalue weighted by atomic mass is 32.2. The molecule has 0 N–H and O–H groups in total. The van der Waals surface area contributed by atoms with Crippen LogP contribution in [-0.2, 0) is 12.3 Å². The lowest BCUT2D eigenvalue weighted by Crippen LogP contribution is -2.32. The van der Waals surface area contributed by atoms with Gasteiger partial charge in [-0.1, -0.05) is 132 Å². The molecule has 0 spiro atoms. The van der Waals surface area contributed by atoms with Gasteiger partial charge in [-0.15, -0.1) is 11.3 Å².